The van der Waals surface area contributed by atoms with Gasteiger partial charge in [0.05, 0.1) is 3.57 Å². The van der Waals surface area contributed by atoms with E-state index in [0.717, 1.165) is 9.13 Å². The zero-order valence-electron chi connectivity index (χ0n) is 8.04. The second-order valence-corrected chi connectivity index (χ2v) is 4.00. The standard InChI is InChI=1S/C10H11IO3/c1-7-3-4-8(11)9(5-7)14-10(12)6-13-2/h3-5H,6H2,1-2H3. The summed E-state index contributed by atoms with van der Waals surface area (Å²) in [5.74, 6) is 0.212. The van der Waals surface area contributed by atoms with Crippen molar-refractivity contribution in [1.29, 1.82) is 0 Å². The lowest BCUT2D eigenvalue weighted by atomic mass is 10.2. The third-order valence-corrected chi connectivity index (χ3v) is 2.46. The van der Waals surface area contributed by atoms with Crippen LogP contribution in [0.15, 0.2) is 18.2 Å². The molecule has 14 heavy (non-hydrogen) atoms. The van der Waals surface area contributed by atoms with Crippen molar-refractivity contribution in [3.05, 3.63) is 27.3 Å². The summed E-state index contributed by atoms with van der Waals surface area (Å²) in [5, 5.41) is 0. The van der Waals surface area contributed by atoms with Crippen molar-refractivity contribution in [2.24, 2.45) is 0 Å². The molecular weight excluding hydrogens is 295 g/mol. The minimum atomic E-state index is -0.379. The molecule has 76 valence electrons. The number of carbonyl (C=O) groups excluding carboxylic acids is 1. The fourth-order valence-electron chi connectivity index (χ4n) is 0.959. The van der Waals surface area contributed by atoms with Gasteiger partial charge in [-0.3, -0.25) is 0 Å². The van der Waals surface area contributed by atoms with Crippen molar-refractivity contribution >= 4 is 28.6 Å². The van der Waals surface area contributed by atoms with E-state index >= 15 is 0 Å². The maximum atomic E-state index is 11.1. The van der Waals surface area contributed by atoms with Gasteiger partial charge in [-0.2, -0.15) is 0 Å². The first-order valence-electron chi connectivity index (χ1n) is 4.09. The number of aryl methyl sites for hydroxylation is 1. The quantitative estimate of drug-likeness (QED) is 0.488. The van der Waals surface area contributed by atoms with Gasteiger partial charge in [0, 0.05) is 7.11 Å². The van der Waals surface area contributed by atoms with Crippen LogP contribution in [0.3, 0.4) is 0 Å². The fraction of sp³-hybridized carbons (Fsp3) is 0.300. The normalized spacial score (nSPS) is 9.93. The molecule has 0 bridgehead atoms. The van der Waals surface area contributed by atoms with Crippen LogP contribution < -0.4 is 4.74 Å². The lowest BCUT2D eigenvalue weighted by Gasteiger charge is -2.06. The summed E-state index contributed by atoms with van der Waals surface area (Å²) in [5.41, 5.74) is 1.06. The SMILES string of the molecule is COCC(=O)Oc1cc(C)ccc1I. The van der Waals surface area contributed by atoms with Crippen LogP contribution in [0.5, 0.6) is 5.75 Å². The van der Waals surface area contributed by atoms with Crippen molar-refractivity contribution in [2.45, 2.75) is 6.92 Å². The summed E-state index contributed by atoms with van der Waals surface area (Å²) in [6.07, 6.45) is 0. The summed E-state index contributed by atoms with van der Waals surface area (Å²) in [6, 6.07) is 5.70. The highest BCUT2D eigenvalue weighted by molar-refractivity contribution is 14.1. The molecule has 0 amide bonds. The highest BCUT2D eigenvalue weighted by Crippen LogP contribution is 2.21. The number of methoxy groups -OCH3 is 1. The van der Waals surface area contributed by atoms with Gasteiger partial charge < -0.3 is 9.47 Å². The Kier molecular flexibility index (Phi) is 4.34. The largest absolute Gasteiger partial charge is 0.424 e. The van der Waals surface area contributed by atoms with E-state index in [1.54, 1.807) is 0 Å². The molecule has 1 aromatic carbocycles. The first-order valence-corrected chi connectivity index (χ1v) is 5.17. The Morgan fingerprint density at radius 1 is 1.50 bits per heavy atom. The number of hydrogen-bond donors (Lipinski definition) is 0. The van der Waals surface area contributed by atoms with Crippen molar-refractivity contribution in [3.8, 4) is 5.75 Å². The molecule has 0 radical (unpaired) electrons. The van der Waals surface area contributed by atoms with Gasteiger partial charge in [0.25, 0.3) is 0 Å². The number of hydrogen-bond acceptors (Lipinski definition) is 3. The lowest BCUT2D eigenvalue weighted by Crippen LogP contribution is -2.14. The molecular formula is C10H11IO3. The molecule has 0 atom stereocenters. The average Bonchev–Trinajstić information content (AvgIpc) is 2.12. The van der Waals surface area contributed by atoms with Crippen molar-refractivity contribution in [2.75, 3.05) is 13.7 Å². The Bertz CT molecular complexity index is 336. The number of ether oxygens (including phenoxy) is 2. The van der Waals surface area contributed by atoms with Gasteiger partial charge in [0.1, 0.15) is 12.4 Å². The lowest BCUT2D eigenvalue weighted by molar-refractivity contribution is -0.138. The van der Waals surface area contributed by atoms with E-state index in [2.05, 4.69) is 27.3 Å². The Morgan fingerprint density at radius 2 is 2.21 bits per heavy atom. The van der Waals surface area contributed by atoms with E-state index in [4.69, 9.17) is 4.74 Å². The number of esters is 1. The molecule has 1 rings (SSSR count). The van der Waals surface area contributed by atoms with E-state index in [-0.39, 0.29) is 12.6 Å². The third-order valence-electron chi connectivity index (χ3n) is 1.57. The molecule has 0 aromatic heterocycles. The zero-order valence-corrected chi connectivity index (χ0v) is 10.2. The third kappa shape index (κ3) is 3.26. The first-order chi connectivity index (χ1) is 6.63. The number of rotatable bonds is 3. The van der Waals surface area contributed by atoms with Crippen LogP contribution in [0.25, 0.3) is 0 Å². The molecule has 0 N–H and O–H groups in total. The predicted octanol–water partition coefficient (Wildman–Crippen LogP) is 2.15. The summed E-state index contributed by atoms with van der Waals surface area (Å²) >= 11 is 2.12. The zero-order chi connectivity index (χ0) is 10.6. The van der Waals surface area contributed by atoms with Gasteiger partial charge in [-0.25, -0.2) is 4.79 Å². The molecule has 0 spiro atoms. The van der Waals surface area contributed by atoms with E-state index in [1.165, 1.54) is 7.11 Å². The van der Waals surface area contributed by atoms with Crippen LogP contribution >= 0.6 is 22.6 Å². The van der Waals surface area contributed by atoms with E-state index in [1.807, 2.05) is 25.1 Å². The Morgan fingerprint density at radius 3 is 2.86 bits per heavy atom. The maximum Gasteiger partial charge on any atom is 0.337 e. The number of halogens is 1. The summed E-state index contributed by atoms with van der Waals surface area (Å²) in [7, 11) is 1.46. The molecule has 0 aliphatic rings. The molecule has 1 aromatic rings. The number of carbonyl (C=O) groups is 1. The van der Waals surface area contributed by atoms with Gasteiger partial charge in [-0.1, -0.05) is 6.07 Å². The maximum absolute atomic E-state index is 11.1. The van der Waals surface area contributed by atoms with Gasteiger partial charge in [-0.15, -0.1) is 0 Å². The smallest absolute Gasteiger partial charge is 0.337 e. The summed E-state index contributed by atoms with van der Waals surface area (Å²) in [6.45, 7) is 1.92. The van der Waals surface area contributed by atoms with Crippen LogP contribution in [0.2, 0.25) is 0 Å². The van der Waals surface area contributed by atoms with Crippen LogP contribution in [0.4, 0.5) is 0 Å². The van der Waals surface area contributed by atoms with Crippen LogP contribution in [0, 0.1) is 10.5 Å². The first kappa shape index (κ1) is 11.5. The monoisotopic (exact) mass is 306 g/mol. The van der Waals surface area contributed by atoms with Crippen LogP contribution in [-0.2, 0) is 9.53 Å². The molecule has 0 fully saturated rings. The minimum Gasteiger partial charge on any atom is -0.424 e. The molecule has 0 unspecified atom stereocenters. The van der Waals surface area contributed by atoms with E-state index in [0.29, 0.717) is 5.75 Å². The van der Waals surface area contributed by atoms with Crippen molar-refractivity contribution in [1.82, 2.24) is 0 Å². The molecule has 0 aliphatic carbocycles. The van der Waals surface area contributed by atoms with Crippen LogP contribution in [-0.4, -0.2) is 19.7 Å². The minimum absolute atomic E-state index is 0.0238. The number of benzene rings is 1. The fourth-order valence-corrected chi connectivity index (χ4v) is 1.40. The van der Waals surface area contributed by atoms with Crippen LogP contribution in [0.1, 0.15) is 5.56 Å². The second-order valence-electron chi connectivity index (χ2n) is 2.84. The second kappa shape index (κ2) is 5.31. The summed E-state index contributed by atoms with van der Waals surface area (Å²) in [4.78, 5) is 11.1. The van der Waals surface area contributed by atoms with Crippen molar-refractivity contribution < 1.29 is 14.3 Å². The molecule has 4 heteroatoms. The highest BCUT2D eigenvalue weighted by Gasteiger charge is 2.07. The van der Waals surface area contributed by atoms with Gasteiger partial charge >= 0.3 is 5.97 Å². The molecule has 0 saturated carbocycles. The topological polar surface area (TPSA) is 35.5 Å². The predicted molar refractivity (Wildman–Crippen MR) is 61.4 cm³/mol. The van der Waals surface area contributed by atoms with E-state index < -0.39 is 0 Å². The average molecular weight is 306 g/mol. The highest BCUT2D eigenvalue weighted by atomic mass is 127. The Balaban J connectivity index is 2.75. The Hall–Kier alpha value is -0.620. The summed E-state index contributed by atoms with van der Waals surface area (Å²) < 4.78 is 10.7. The molecule has 0 aliphatic heterocycles. The molecule has 0 heterocycles. The van der Waals surface area contributed by atoms with Gasteiger partial charge in [-0.05, 0) is 47.2 Å². The molecule has 3 nitrogen and oxygen atoms in total. The Labute approximate surface area is 96.5 Å². The van der Waals surface area contributed by atoms with E-state index in [9.17, 15) is 4.79 Å². The van der Waals surface area contributed by atoms with Gasteiger partial charge in [0.2, 0.25) is 0 Å². The molecule has 0 saturated heterocycles. The van der Waals surface area contributed by atoms with Gasteiger partial charge in [0.15, 0.2) is 0 Å². The van der Waals surface area contributed by atoms with Crippen molar-refractivity contribution in [3.63, 3.8) is 0 Å².